The molecule has 2 nitrogen and oxygen atoms in total. The molecule has 2 unspecified atom stereocenters. The van der Waals surface area contributed by atoms with Gasteiger partial charge in [-0.05, 0) is 25.0 Å². The first-order chi connectivity index (χ1) is 9.31. The van der Waals surface area contributed by atoms with Gasteiger partial charge < -0.3 is 9.64 Å². The predicted octanol–water partition coefficient (Wildman–Crippen LogP) is 4.38. The monoisotopic (exact) mass is 343 g/mol. The second-order valence-corrected chi connectivity index (χ2v) is 6.29. The molecule has 0 radical (unpaired) electrons. The van der Waals surface area contributed by atoms with E-state index in [1.807, 2.05) is 6.07 Å². The Morgan fingerprint density at radius 3 is 3.00 bits per heavy atom. The maximum atomic E-state index is 6.34. The van der Waals surface area contributed by atoms with E-state index in [9.17, 15) is 0 Å². The van der Waals surface area contributed by atoms with E-state index in [0.29, 0.717) is 12.1 Å². The van der Waals surface area contributed by atoms with Gasteiger partial charge in [0.2, 0.25) is 0 Å². The van der Waals surface area contributed by atoms with Crippen LogP contribution in [0.25, 0.3) is 0 Å². The van der Waals surface area contributed by atoms with Crippen LogP contribution in [0.15, 0.2) is 18.2 Å². The van der Waals surface area contributed by atoms with Gasteiger partial charge in [-0.25, -0.2) is 0 Å². The minimum absolute atomic E-state index is 0.407. The van der Waals surface area contributed by atoms with Crippen LogP contribution < -0.4 is 4.90 Å². The lowest BCUT2D eigenvalue weighted by atomic mass is 9.89. The van der Waals surface area contributed by atoms with Crippen molar-refractivity contribution < 1.29 is 4.74 Å². The fourth-order valence-corrected chi connectivity index (χ4v) is 4.33. The van der Waals surface area contributed by atoms with Gasteiger partial charge in [0.05, 0.1) is 18.8 Å². The lowest BCUT2D eigenvalue weighted by Gasteiger charge is -2.45. The summed E-state index contributed by atoms with van der Waals surface area (Å²) in [6.07, 6.45) is 5.45. The lowest BCUT2D eigenvalue weighted by molar-refractivity contribution is -0.00871. The summed E-state index contributed by atoms with van der Waals surface area (Å²) in [5, 5.41) is 1.66. The summed E-state index contributed by atoms with van der Waals surface area (Å²) < 4.78 is 5.95. The molecule has 1 saturated carbocycles. The molecule has 4 heteroatoms. The van der Waals surface area contributed by atoms with Crippen LogP contribution in [0.4, 0.5) is 5.69 Å². The minimum atomic E-state index is 0.407. The largest absolute Gasteiger partial charge is 0.374 e. The highest BCUT2D eigenvalue weighted by Crippen LogP contribution is 2.36. The Morgan fingerprint density at radius 1 is 1.32 bits per heavy atom. The van der Waals surface area contributed by atoms with Crippen LogP contribution in [0, 0.1) is 0 Å². The molecule has 1 aromatic carbocycles. The Kier molecular flexibility index (Phi) is 4.35. The zero-order valence-electron chi connectivity index (χ0n) is 10.9. The van der Waals surface area contributed by atoms with E-state index in [0.717, 1.165) is 23.5 Å². The van der Waals surface area contributed by atoms with Crippen LogP contribution in [0.2, 0.25) is 5.02 Å². The average Bonchev–Trinajstić information content (AvgIpc) is 2.46. The van der Waals surface area contributed by atoms with E-state index >= 15 is 0 Å². The standard InChI is InChI=1S/C15H19BrClNO/c16-10-11-12(17)4-3-6-13(11)18-8-9-19-15-7-2-1-5-14(15)18/h3-4,6,14-15H,1-2,5,7-10H2. The third-order valence-electron chi connectivity index (χ3n) is 4.27. The normalized spacial score (nSPS) is 27.2. The first kappa shape index (κ1) is 13.7. The molecule has 2 aliphatic rings. The summed E-state index contributed by atoms with van der Waals surface area (Å²) in [5.74, 6) is 0. The number of anilines is 1. The molecule has 2 fully saturated rings. The van der Waals surface area contributed by atoms with Crippen LogP contribution in [-0.2, 0) is 10.1 Å². The van der Waals surface area contributed by atoms with E-state index in [1.54, 1.807) is 0 Å². The van der Waals surface area contributed by atoms with Crippen molar-refractivity contribution in [3.05, 3.63) is 28.8 Å². The van der Waals surface area contributed by atoms with Gasteiger partial charge in [0.25, 0.3) is 0 Å². The molecule has 0 amide bonds. The van der Waals surface area contributed by atoms with Crippen LogP contribution >= 0.6 is 27.5 Å². The molecule has 3 rings (SSSR count). The summed E-state index contributed by atoms with van der Waals surface area (Å²) in [6, 6.07) is 6.75. The summed E-state index contributed by atoms with van der Waals surface area (Å²) in [6.45, 7) is 1.80. The highest BCUT2D eigenvalue weighted by Gasteiger charge is 2.35. The highest BCUT2D eigenvalue weighted by molar-refractivity contribution is 9.08. The number of hydrogen-bond acceptors (Lipinski definition) is 2. The molecule has 1 heterocycles. The Labute approximate surface area is 128 Å². The van der Waals surface area contributed by atoms with Crippen LogP contribution in [0.3, 0.4) is 0 Å². The number of fused-ring (bicyclic) bond motifs is 1. The van der Waals surface area contributed by atoms with Gasteiger partial charge in [-0.15, -0.1) is 0 Å². The zero-order chi connectivity index (χ0) is 13.2. The van der Waals surface area contributed by atoms with Crippen molar-refractivity contribution >= 4 is 33.2 Å². The van der Waals surface area contributed by atoms with E-state index in [2.05, 4.69) is 33.0 Å². The quantitative estimate of drug-likeness (QED) is 0.738. The van der Waals surface area contributed by atoms with Crippen molar-refractivity contribution in [3.8, 4) is 0 Å². The maximum absolute atomic E-state index is 6.34. The smallest absolute Gasteiger partial charge is 0.0779 e. The molecule has 2 atom stereocenters. The third-order valence-corrected chi connectivity index (χ3v) is 5.18. The molecular formula is C15H19BrClNO. The number of morpholine rings is 1. The molecule has 1 aliphatic carbocycles. The predicted molar refractivity (Wildman–Crippen MR) is 83.4 cm³/mol. The molecule has 1 aliphatic heterocycles. The van der Waals surface area contributed by atoms with Crippen molar-refractivity contribution in [1.82, 2.24) is 0 Å². The Morgan fingerprint density at radius 2 is 2.16 bits per heavy atom. The van der Waals surface area contributed by atoms with Crippen molar-refractivity contribution in [2.24, 2.45) is 0 Å². The SMILES string of the molecule is Clc1cccc(N2CCOC3CCCCC32)c1CBr. The van der Waals surface area contributed by atoms with Crippen LogP contribution in [0.1, 0.15) is 31.2 Å². The second-order valence-electron chi connectivity index (χ2n) is 5.33. The third kappa shape index (κ3) is 2.65. The van der Waals surface area contributed by atoms with E-state index in [1.165, 1.54) is 36.9 Å². The molecule has 0 spiro atoms. The van der Waals surface area contributed by atoms with Gasteiger partial charge in [0.1, 0.15) is 0 Å². The lowest BCUT2D eigenvalue weighted by Crippen LogP contribution is -2.53. The topological polar surface area (TPSA) is 12.5 Å². The van der Waals surface area contributed by atoms with Crippen molar-refractivity contribution in [1.29, 1.82) is 0 Å². The number of nitrogens with zero attached hydrogens (tertiary/aromatic N) is 1. The zero-order valence-corrected chi connectivity index (χ0v) is 13.3. The first-order valence-electron chi connectivity index (χ1n) is 7.03. The van der Waals surface area contributed by atoms with E-state index in [-0.39, 0.29) is 0 Å². The fourth-order valence-electron chi connectivity index (χ4n) is 3.34. The fraction of sp³-hybridized carbons (Fsp3) is 0.600. The average molecular weight is 345 g/mol. The van der Waals surface area contributed by atoms with Gasteiger partial charge in [0.15, 0.2) is 0 Å². The van der Waals surface area contributed by atoms with Crippen molar-refractivity contribution in [2.45, 2.75) is 43.2 Å². The maximum Gasteiger partial charge on any atom is 0.0779 e. The van der Waals surface area contributed by atoms with E-state index < -0.39 is 0 Å². The van der Waals surface area contributed by atoms with Gasteiger partial charge in [0, 0.05) is 28.1 Å². The van der Waals surface area contributed by atoms with Crippen LogP contribution in [-0.4, -0.2) is 25.3 Å². The van der Waals surface area contributed by atoms with Gasteiger partial charge in [-0.2, -0.15) is 0 Å². The Balaban J connectivity index is 1.94. The molecule has 1 saturated heterocycles. The first-order valence-corrected chi connectivity index (χ1v) is 8.53. The molecule has 1 aromatic rings. The van der Waals surface area contributed by atoms with Crippen LogP contribution in [0.5, 0.6) is 0 Å². The molecule has 0 bridgehead atoms. The number of alkyl halides is 1. The number of hydrogen-bond donors (Lipinski definition) is 0. The summed E-state index contributed by atoms with van der Waals surface area (Å²) in [7, 11) is 0. The highest BCUT2D eigenvalue weighted by atomic mass is 79.9. The molecule has 19 heavy (non-hydrogen) atoms. The van der Waals surface area contributed by atoms with Crippen molar-refractivity contribution in [2.75, 3.05) is 18.1 Å². The minimum Gasteiger partial charge on any atom is -0.374 e. The van der Waals surface area contributed by atoms with Gasteiger partial charge >= 0.3 is 0 Å². The van der Waals surface area contributed by atoms with Gasteiger partial charge in [-0.1, -0.05) is 46.4 Å². The number of rotatable bonds is 2. The summed E-state index contributed by atoms with van der Waals surface area (Å²) in [4.78, 5) is 2.52. The Hall–Kier alpha value is -0.250. The molecule has 0 N–H and O–H groups in total. The summed E-state index contributed by atoms with van der Waals surface area (Å²) in [5.41, 5.74) is 2.49. The number of halogens is 2. The second kappa shape index (κ2) is 6.02. The molecular weight excluding hydrogens is 326 g/mol. The summed E-state index contributed by atoms with van der Waals surface area (Å²) >= 11 is 9.91. The molecule has 104 valence electrons. The van der Waals surface area contributed by atoms with E-state index in [4.69, 9.17) is 16.3 Å². The number of benzene rings is 1. The molecule has 0 aromatic heterocycles. The van der Waals surface area contributed by atoms with Gasteiger partial charge in [-0.3, -0.25) is 0 Å². The van der Waals surface area contributed by atoms with Crippen molar-refractivity contribution in [3.63, 3.8) is 0 Å². The number of ether oxygens (including phenoxy) is 1. The Bertz CT molecular complexity index is 452.